The van der Waals surface area contributed by atoms with Gasteiger partial charge in [-0.3, -0.25) is 14.4 Å². The number of carbonyl (C=O) groups is 3. The molecule has 132 valence electrons. The molecule has 0 aliphatic carbocycles. The summed E-state index contributed by atoms with van der Waals surface area (Å²) in [5.41, 5.74) is 1.33. The average molecular weight is 333 g/mol. The minimum absolute atomic E-state index is 0.0138. The molecule has 6 heteroatoms. The maximum absolute atomic E-state index is 12.3. The summed E-state index contributed by atoms with van der Waals surface area (Å²) in [6, 6.07) is 4.83. The Morgan fingerprint density at radius 2 is 1.17 bits per heavy atom. The highest BCUT2D eigenvalue weighted by molar-refractivity contribution is 6.01. The van der Waals surface area contributed by atoms with Gasteiger partial charge in [0.2, 0.25) is 11.8 Å². The molecule has 0 aliphatic heterocycles. The van der Waals surface area contributed by atoms with Crippen LogP contribution in [0.4, 0.5) is 11.4 Å². The Morgan fingerprint density at radius 1 is 0.750 bits per heavy atom. The van der Waals surface area contributed by atoms with Gasteiger partial charge in [0.15, 0.2) is 0 Å². The Morgan fingerprint density at radius 3 is 1.50 bits per heavy atom. The molecule has 0 atom stereocenters. The molecule has 0 spiro atoms. The van der Waals surface area contributed by atoms with Crippen molar-refractivity contribution in [2.24, 2.45) is 11.8 Å². The zero-order valence-electron chi connectivity index (χ0n) is 15.2. The summed E-state index contributed by atoms with van der Waals surface area (Å²) in [4.78, 5) is 36.1. The molecule has 0 aromatic heterocycles. The first-order valence-corrected chi connectivity index (χ1v) is 8.17. The summed E-state index contributed by atoms with van der Waals surface area (Å²) < 4.78 is 0. The number of anilines is 2. The van der Waals surface area contributed by atoms with Gasteiger partial charge >= 0.3 is 0 Å². The first-order chi connectivity index (χ1) is 11.1. The van der Waals surface area contributed by atoms with Gasteiger partial charge in [0.1, 0.15) is 0 Å². The third kappa shape index (κ3) is 6.02. The molecule has 0 bridgehead atoms. The molecule has 6 nitrogen and oxygen atoms in total. The molecule has 0 saturated carbocycles. The van der Waals surface area contributed by atoms with Gasteiger partial charge < -0.3 is 16.0 Å². The van der Waals surface area contributed by atoms with Crippen molar-refractivity contribution in [3.05, 3.63) is 23.8 Å². The molecule has 1 aromatic rings. The Bertz CT molecular complexity index is 582. The fourth-order valence-electron chi connectivity index (χ4n) is 1.82. The summed E-state index contributed by atoms with van der Waals surface area (Å²) in [7, 11) is 0. The molecule has 3 N–H and O–H groups in total. The molecule has 1 rings (SSSR count). The van der Waals surface area contributed by atoms with Gasteiger partial charge in [-0.2, -0.15) is 0 Å². The average Bonchev–Trinajstić information content (AvgIpc) is 2.45. The van der Waals surface area contributed by atoms with Gasteiger partial charge in [-0.1, -0.05) is 27.7 Å². The van der Waals surface area contributed by atoms with Crippen molar-refractivity contribution >= 4 is 29.1 Å². The molecule has 3 amide bonds. The zero-order chi connectivity index (χ0) is 18.4. The lowest BCUT2D eigenvalue weighted by atomic mass is 10.1. The maximum Gasteiger partial charge on any atom is 0.251 e. The number of benzene rings is 1. The zero-order valence-corrected chi connectivity index (χ0v) is 15.2. The van der Waals surface area contributed by atoms with Crippen LogP contribution in [0.3, 0.4) is 0 Å². The van der Waals surface area contributed by atoms with Gasteiger partial charge in [0.25, 0.3) is 5.91 Å². The van der Waals surface area contributed by atoms with Gasteiger partial charge in [0.05, 0.1) is 0 Å². The predicted octanol–water partition coefficient (Wildman–Crippen LogP) is 3.01. The number of rotatable bonds is 6. The van der Waals surface area contributed by atoms with E-state index < -0.39 is 0 Å². The Balaban J connectivity index is 3.15. The second-order valence-electron chi connectivity index (χ2n) is 6.72. The van der Waals surface area contributed by atoms with Gasteiger partial charge in [0, 0.05) is 34.8 Å². The minimum atomic E-state index is -0.259. The summed E-state index contributed by atoms with van der Waals surface area (Å²) in [5, 5.41) is 8.33. The second-order valence-corrected chi connectivity index (χ2v) is 6.72. The van der Waals surface area contributed by atoms with E-state index in [0.29, 0.717) is 16.9 Å². The van der Waals surface area contributed by atoms with Crippen LogP contribution in [-0.4, -0.2) is 23.8 Å². The number of hydrogen-bond donors (Lipinski definition) is 3. The smallest absolute Gasteiger partial charge is 0.251 e. The third-order valence-corrected chi connectivity index (χ3v) is 3.20. The van der Waals surface area contributed by atoms with Crippen LogP contribution in [0.15, 0.2) is 18.2 Å². The molecule has 0 saturated heterocycles. The van der Waals surface area contributed by atoms with E-state index in [4.69, 9.17) is 0 Å². The topological polar surface area (TPSA) is 87.3 Å². The quantitative estimate of drug-likeness (QED) is 0.748. The van der Waals surface area contributed by atoms with E-state index in [1.54, 1.807) is 45.9 Å². The standard InChI is InChI=1S/C18H27N3O3/c1-10(2)16(22)20-14-7-13(18(24)19-12(5)6)8-15(9-14)21-17(23)11(3)4/h7-12H,1-6H3,(H,19,24)(H,20,22)(H,21,23). The molecule has 24 heavy (non-hydrogen) atoms. The Hall–Kier alpha value is -2.37. The maximum atomic E-state index is 12.3. The highest BCUT2D eigenvalue weighted by Crippen LogP contribution is 2.21. The van der Waals surface area contributed by atoms with Crippen molar-refractivity contribution in [3.63, 3.8) is 0 Å². The predicted molar refractivity (Wildman–Crippen MR) is 96.0 cm³/mol. The number of hydrogen-bond acceptors (Lipinski definition) is 3. The summed E-state index contributed by atoms with van der Waals surface area (Å²) in [6.45, 7) is 10.9. The van der Waals surface area contributed by atoms with Crippen LogP contribution >= 0.6 is 0 Å². The van der Waals surface area contributed by atoms with E-state index in [9.17, 15) is 14.4 Å². The first kappa shape index (κ1) is 19.7. The molecule has 0 aliphatic rings. The largest absolute Gasteiger partial charge is 0.350 e. The summed E-state index contributed by atoms with van der Waals surface area (Å²) in [6.07, 6.45) is 0. The lowest BCUT2D eigenvalue weighted by Crippen LogP contribution is -2.30. The van der Waals surface area contributed by atoms with Crippen molar-refractivity contribution in [3.8, 4) is 0 Å². The second kappa shape index (κ2) is 8.47. The van der Waals surface area contributed by atoms with Crippen molar-refractivity contribution in [2.45, 2.75) is 47.6 Å². The third-order valence-electron chi connectivity index (χ3n) is 3.20. The van der Waals surface area contributed by atoms with Crippen LogP contribution in [0.25, 0.3) is 0 Å². The van der Waals surface area contributed by atoms with Crippen LogP contribution in [-0.2, 0) is 9.59 Å². The van der Waals surface area contributed by atoms with Crippen LogP contribution in [0.5, 0.6) is 0 Å². The van der Waals surface area contributed by atoms with Crippen molar-refractivity contribution < 1.29 is 14.4 Å². The summed E-state index contributed by atoms with van der Waals surface area (Å²) in [5.74, 6) is -0.945. The Kier molecular flexibility index (Phi) is 6.95. The molecule has 0 heterocycles. The van der Waals surface area contributed by atoms with E-state index in [-0.39, 0.29) is 35.6 Å². The van der Waals surface area contributed by atoms with E-state index in [2.05, 4.69) is 16.0 Å². The van der Waals surface area contributed by atoms with Gasteiger partial charge in [-0.05, 0) is 32.0 Å². The SMILES string of the molecule is CC(C)NC(=O)c1cc(NC(=O)C(C)C)cc(NC(=O)C(C)C)c1. The molecule has 1 aromatic carbocycles. The van der Waals surface area contributed by atoms with Crippen LogP contribution in [0, 0.1) is 11.8 Å². The van der Waals surface area contributed by atoms with Crippen molar-refractivity contribution in [2.75, 3.05) is 10.6 Å². The molecular formula is C18H27N3O3. The van der Waals surface area contributed by atoms with E-state index in [1.165, 1.54) is 0 Å². The van der Waals surface area contributed by atoms with Gasteiger partial charge in [-0.15, -0.1) is 0 Å². The van der Waals surface area contributed by atoms with Crippen LogP contribution < -0.4 is 16.0 Å². The van der Waals surface area contributed by atoms with E-state index in [1.807, 2.05) is 13.8 Å². The van der Waals surface area contributed by atoms with E-state index >= 15 is 0 Å². The fraction of sp³-hybridized carbons (Fsp3) is 0.500. The molecule has 0 fully saturated rings. The molecular weight excluding hydrogens is 306 g/mol. The summed E-state index contributed by atoms with van der Waals surface area (Å²) >= 11 is 0. The fourth-order valence-corrected chi connectivity index (χ4v) is 1.82. The minimum Gasteiger partial charge on any atom is -0.350 e. The van der Waals surface area contributed by atoms with Crippen molar-refractivity contribution in [1.29, 1.82) is 0 Å². The number of carbonyl (C=O) groups excluding carboxylic acids is 3. The Labute approximate surface area is 143 Å². The molecule has 0 radical (unpaired) electrons. The normalized spacial score (nSPS) is 10.9. The van der Waals surface area contributed by atoms with Crippen LogP contribution in [0.2, 0.25) is 0 Å². The monoisotopic (exact) mass is 333 g/mol. The van der Waals surface area contributed by atoms with Crippen LogP contribution in [0.1, 0.15) is 51.9 Å². The number of nitrogens with one attached hydrogen (secondary N) is 3. The van der Waals surface area contributed by atoms with Gasteiger partial charge in [-0.25, -0.2) is 0 Å². The molecule has 0 unspecified atom stereocenters. The highest BCUT2D eigenvalue weighted by atomic mass is 16.2. The first-order valence-electron chi connectivity index (χ1n) is 8.17. The lowest BCUT2D eigenvalue weighted by molar-refractivity contribution is -0.119. The van der Waals surface area contributed by atoms with E-state index in [0.717, 1.165) is 0 Å². The van der Waals surface area contributed by atoms with Crippen molar-refractivity contribution in [1.82, 2.24) is 5.32 Å². The number of amides is 3. The lowest BCUT2D eigenvalue weighted by Gasteiger charge is -2.15. The highest BCUT2D eigenvalue weighted by Gasteiger charge is 2.15.